The Morgan fingerprint density at radius 3 is 2.61 bits per heavy atom. The zero-order chi connectivity index (χ0) is 19.7. The Balaban J connectivity index is 1.70. The average molecular weight is 421 g/mol. The highest BCUT2D eigenvalue weighted by Crippen LogP contribution is 2.47. The quantitative estimate of drug-likeness (QED) is 0.660. The molecule has 2 aromatic carbocycles. The number of anilines is 1. The number of halogens is 3. The molecule has 0 radical (unpaired) electrons. The van der Waals surface area contributed by atoms with Gasteiger partial charge in [-0.2, -0.15) is 0 Å². The molecule has 2 aliphatic rings. The monoisotopic (exact) mass is 420 g/mol. The summed E-state index contributed by atoms with van der Waals surface area (Å²) < 4.78 is 14.8. The fraction of sp³-hybridized carbons (Fsp3) is 0.409. The number of benzene rings is 2. The lowest BCUT2D eigenvalue weighted by atomic mass is 9.69. The summed E-state index contributed by atoms with van der Waals surface area (Å²) in [4.78, 5) is 13.4. The van der Waals surface area contributed by atoms with Gasteiger partial charge in [0.2, 0.25) is 5.91 Å². The Kier molecular flexibility index (Phi) is 5.64. The summed E-state index contributed by atoms with van der Waals surface area (Å²) in [5.74, 6) is -1.17. The van der Waals surface area contributed by atoms with E-state index in [4.69, 9.17) is 23.2 Å². The Labute approximate surface area is 174 Å². The van der Waals surface area contributed by atoms with E-state index in [-0.39, 0.29) is 28.3 Å². The number of rotatable bonds is 3. The molecule has 1 aliphatic heterocycles. The zero-order valence-electron chi connectivity index (χ0n) is 15.5. The van der Waals surface area contributed by atoms with Gasteiger partial charge >= 0.3 is 0 Å². The van der Waals surface area contributed by atoms with Gasteiger partial charge in [0.25, 0.3) is 0 Å². The summed E-state index contributed by atoms with van der Waals surface area (Å²) in [6, 6.07) is 12.1. The molecule has 2 fully saturated rings. The average Bonchev–Trinajstić information content (AvgIpc) is 3.03. The minimum Gasteiger partial charge on any atom is -0.326 e. The van der Waals surface area contributed by atoms with Crippen molar-refractivity contribution >= 4 is 34.8 Å². The van der Waals surface area contributed by atoms with Gasteiger partial charge in [0.05, 0.1) is 10.9 Å². The lowest BCUT2D eigenvalue weighted by molar-refractivity contribution is -0.122. The second-order valence-corrected chi connectivity index (χ2v) is 8.67. The maximum atomic E-state index is 14.8. The van der Waals surface area contributed by atoms with Gasteiger partial charge in [0.15, 0.2) is 0 Å². The molecule has 1 saturated carbocycles. The SMILES string of the molecule is O=C(Nc1cccc(Cl)c1)C1[C@@H](c2cccc(Cl)c2F)CNC12CCCCC2. The Morgan fingerprint density at radius 2 is 1.86 bits per heavy atom. The smallest absolute Gasteiger partial charge is 0.230 e. The molecule has 1 aliphatic carbocycles. The van der Waals surface area contributed by atoms with E-state index in [1.807, 2.05) is 6.07 Å². The van der Waals surface area contributed by atoms with Gasteiger partial charge in [0, 0.05) is 28.7 Å². The van der Waals surface area contributed by atoms with Crippen LogP contribution in [0.2, 0.25) is 10.0 Å². The number of hydrogen-bond acceptors (Lipinski definition) is 2. The van der Waals surface area contributed by atoms with E-state index in [9.17, 15) is 9.18 Å². The van der Waals surface area contributed by atoms with Crippen molar-refractivity contribution in [1.29, 1.82) is 0 Å². The Hall–Kier alpha value is -1.62. The van der Waals surface area contributed by atoms with Gasteiger partial charge in [-0.1, -0.05) is 60.7 Å². The van der Waals surface area contributed by atoms with E-state index < -0.39 is 5.82 Å². The number of carbonyl (C=O) groups is 1. The van der Waals surface area contributed by atoms with Crippen molar-refractivity contribution in [1.82, 2.24) is 5.32 Å². The van der Waals surface area contributed by atoms with E-state index in [2.05, 4.69) is 10.6 Å². The maximum absolute atomic E-state index is 14.8. The summed E-state index contributed by atoms with van der Waals surface area (Å²) in [5.41, 5.74) is 0.856. The van der Waals surface area contributed by atoms with Crippen molar-refractivity contribution in [2.45, 2.75) is 43.6 Å². The lowest BCUT2D eigenvalue weighted by Gasteiger charge is -2.39. The van der Waals surface area contributed by atoms with Crippen LogP contribution in [0.5, 0.6) is 0 Å². The topological polar surface area (TPSA) is 41.1 Å². The molecule has 0 aromatic heterocycles. The summed E-state index contributed by atoms with van der Waals surface area (Å²) in [6.07, 6.45) is 5.14. The number of hydrogen-bond donors (Lipinski definition) is 2. The van der Waals surface area contributed by atoms with Crippen LogP contribution in [-0.4, -0.2) is 18.0 Å². The minimum absolute atomic E-state index is 0.0936. The zero-order valence-corrected chi connectivity index (χ0v) is 17.0. The molecule has 1 amide bonds. The highest BCUT2D eigenvalue weighted by atomic mass is 35.5. The molecule has 2 aromatic rings. The van der Waals surface area contributed by atoms with E-state index in [0.717, 1.165) is 25.7 Å². The molecule has 148 valence electrons. The number of amides is 1. The van der Waals surface area contributed by atoms with Crippen LogP contribution in [-0.2, 0) is 4.79 Å². The van der Waals surface area contributed by atoms with Gasteiger partial charge in [-0.05, 0) is 42.7 Å². The van der Waals surface area contributed by atoms with Crippen LogP contribution in [0.3, 0.4) is 0 Å². The third-order valence-corrected chi connectivity index (χ3v) is 6.70. The van der Waals surface area contributed by atoms with E-state index in [0.29, 0.717) is 22.8 Å². The molecular formula is C22H23Cl2FN2O. The van der Waals surface area contributed by atoms with Crippen LogP contribution in [0.1, 0.15) is 43.6 Å². The van der Waals surface area contributed by atoms with Gasteiger partial charge < -0.3 is 10.6 Å². The van der Waals surface area contributed by atoms with Crippen molar-refractivity contribution in [3.63, 3.8) is 0 Å². The van der Waals surface area contributed by atoms with Crippen molar-refractivity contribution < 1.29 is 9.18 Å². The van der Waals surface area contributed by atoms with Gasteiger partial charge in [0.1, 0.15) is 5.82 Å². The predicted octanol–water partition coefficient (Wildman–Crippen LogP) is 5.78. The third-order valence-electron chi connectivity index (χ3n) is 6.17. The highest BCUT2D eigenvalue weighted by molar-refractivity contribution is 6.31. The second-order valence-electron chi connectivity index (χ2n) is 7.82. The first-order chi connectivity index (χ1) is 13.5. The summed E-state index contributed by atoms with van der Waals surface area (Å²) in [6.45, 7) is 0.560. The standard InChI is InChI=1S/C22H23Cl2FN2O/c23-14-6-4-7-15(12-14)27-21(28)19-17(16-8-5-9-18(24)20(16)25)13-26-22(19)10-2-1-3-11-22/h4-9,12,17,19,26H,1-3,10-11,13H2,(H,27,28)/t17-,19?/m1/s1. The number of nitrogens with one attached hydrogen (secondary N) is 2. The molecule has 4 rings (SSSR count). The van der Waals surface area contributed by atoms with Gasteiger partial charge in [-0.3, -0.25) is 4.79 Å². The van der Waals surface area contributed by atoms with Crippen LogP contribution >= 0.6 is 23.2 Å². The largest absolute Gasteiger partial charge is 0.326 e. The van der Waals surface area contributed by atoms with Crippen LogP contribution < -0.4 is 10.6 Å². The number of carbonyl (C=O) groups excluding carboxylic acids is 1. The van der Waals surface area contributed by atoms with Crippen LogP contribution in [0.4, 0.5) is 10.1 Å². The van der Waals surface area contributed by atoms with E-state index in [1.165, 1.54) is 6.42 Å². The Morgan fingerprint density at radius 1 is 1.11 bits per heavy atom. The minimum atomic E-state index is -0.426. The summed E-state index contributed by atoms with van der Waals surface area (Å²) in [7, 11) is 0. The molecule has 3 nitrogen and oxygen atoms in total. The van der Waals surface area contributed by atoms with Crippen molar-refractivity contribution in [2.24, 2.45) is 5.92 Å². The first kappa shape index (κ1) is 19.7. The summed E-state index contributed by atoms with van der Waals surface area (Å²) in [5, 5.41) is 7.27. The molecule has 0 bridgehead atoms. The van der Waals surface area contributed by atoms with Crippen LogP contribution in [0.25, 0.3) is 0 Å². The second kappa shape index (κ2) is 8.02. The molecule has 1 heterocycles. The fourth-order valence-corrected chi connectivity index (χ4v) is 5.29. The highest BCUT2D eigenvalue weighted by Gasteiger charge is 2.53. The molecule has 28 heavy (non-hydrogen) atoms. The van der Waals surface area contributed by atoms with E-state index in [1.54, 1.807) is 36.4 Å². The first-order valence-corrected chi connectivity index (χ1v) is 10.5. The third kappa shape index (κ3) is 3.66. The molecule has 1 saturated heterocycles. The lowest BCUT2D eigenvalue weighted by Crippen LogP contribution is -2.50. The maximum Gasteiger partial charge on any atom is 0.230 e. The molecule has 6 heteroatoms. The van der Waals surface area contributed by atoms with Gasteiger partial charge in [-0.15, -0.1) is 0 Å². The first-order valence-electron chi connectivity index (χ1n) is 9.75. The predicted molar refractivity (Wildman–Crippen MR) is 112 cm³/mol. The van der Waals surface area contributed by atoms with Crippen LogP contribution in [0, 0.1) is 11.7 Å². The van der Waals surface area contributed by atoms with Gasteiger partial charge in [-0.25, -0.2) is 4.39 Å². The molecule has 1 unspecified atom stereocenters. The Bertz CT molecular complexity index is 883. The molecule has 2 N–H and O–H groups in total. The fourth-order valence-electron chi connectivity index (χ4n) is 4.91. The van der Waals surface area contributed by atoms with Crippen molar-refractivity contribution in [2.75, 3.05) is 11.9 Å². The van der Waals surface area contributed by atoms with Crippen LogP contribution in [0.15, 0.2) is 42.5 Å². The molecule has 1 spiro atoms. The van der Waals surface area contributed by atoms with Crippen molar-refractivity contribution in [3.05, 3.63) is 63.9 Å². The molecular weight excluding hydrogens is 398 g/mol. The molecule has 2 atom stereocenters. The van der Waals surface area contributed by atoms with Crippen molar-refractivity contribution in [3.8, 4) is 0 Å². The van der Waals surface area contributed by atoms with E-state index >= 15 is 0 Å². The normalized spacial score (nSPS) is 23.7. The summed E-state index contributed by atoms with van der Waals surface area (Å²) >= 11 is 12.1.